The molecule has 0 bridgehead atoms. The molecule has 2 aromatic rings. The summed E-state index contributed by atoms with van der Waals surface area (Å²) in [6.45, 7) is 0. The van der Waals surface area contributed by atoms with Crippen LogP contribution < -0.4 is 10.5 Å². The van der Waals surface area contributed by atoms with E-state index in [1.807, 2.05) is 0 Å². The summed E-state index contributed by atoms with van der Waals surface area (Å²) in [5.74, 6) is -1.43. The maximum atomic E-state index is 13.4. The van der Waals surface area contributed by atoms with E-state index < -0.39 is 23.1 Å². The number of nitrogens with two attached hydrogens (primary N) is 1. The first-order chi connectivity index (χ1) is 10.2. The van der Waals surface area contributed by atoms with E-state index in [0.29, 0.717) is 6.07 Å². The van der Waals surface area contributed by atoms with Crippen molar-refractivity contribution in [1.82, 2.24) is 9.97 Å². The number of nitrogens with zero attached hydrogens (tertiary/aromatic N) is 2. The van der Waals surface area contributed by atoms with Crippen molar-refractivity contribution in [2.24, 2.45) is 0 Å². The van der Waals surface area contributed by atoms with Gasteiger partial charge in [0.05, 0.1) is 12.8 Å². The van der Waals surface area contributed by atoms with Crippen LogP contribution in [0.4, 0.5) is 23.2 Å². The van der Waals surface area contributed by atoms with Gasteiger partial charge in [0.2, 0.25) is 5.88 Å². The smallest absolute Gasteiger partial charge is 0.433 e. The van der Waals surface area contributed by atoms with Crippen LogP contribution in [0.1, 0.15) is 22.5 Å². The summed E-state index contributed by atoms with van der Waals surface area (Å²) >= 11 is 6.07. The van der Waals surface area contributed by atoms with Crippen LogP contribution in [0.25, 0.3) is 0 Å². The Labute approximate surface area is 127 Å². The first-order valence-corrected chi connectivity index (χ1v) is 6.35. The van der Waals surface area contributed by atoms with Crippen molar-refractivity contribution in [3.63, 3.8) is 0 Å². The molecule has 0 saturated heterocycles. The molecule has 2 rings (SSSR count). The number of alkyl halides is 4. The minimum atomic E-state index is -4.70. The second-order valence-corrected chi connectivity index (χ2v) is 4.69. The highest BCUT2D eigenvalue weighted by atomic mass is 35.5. The molecule has 0 saturated carbocycles. The van der Waals surface area contributed by atoms with Gasteiger partial charge in [0, 0.05) is 11.6 Å². The highest BCUT2D eigenvalue weighted by molar-refractivity contribution is 6.22. The highest BCUT2D eigenvalue weighted by Gasteiger charge is 2.35. The van der Waals surface area contributed by atoms with Crippen molar-refractivity contribution in [1.29, 1.82) is 0 Å². The van der Waals surface area contributed by atoms with Gasteiger partial charge in [0.1, 0.15) is 11.2 Å². The summed E-state index contributed by atoms with van der Waals surface area (Å²) < 4.78 is 56.6. The lowest BCUT2D eigenvalue weighted by Gasteiger charge is -2.14. The van der Waals surface area contributed by atoms with Gasteiger partial charge >= 0.3 is 6.18 Å². The van der Waals surface area contributed by atoms with Crippen LogP contribution in [-0.2, 0) is 6.18 Å². The molecule has 0 radical (unpaired) electrons. The van der Waals surface area contributed by atoms with E-state index in [9.17, 15) is 17.6 Å². The van der Waals surface area contributed by atoms with Gasteiger partial charge in [-0.05, 0) is 6.07 Å². The molecule has 0 fully saturated rings. The quantitative estimate of drug-likeness (QED) is 0.529. The Balaban J connectivity index is 2.53. The van der Waals surface area contributed by atoms with Crippen LogP contribution in [0.2, 0.25) is 0 Å². The topological polar surface area (TPSA) is 61.0 Å². The minimum Gasteiger partial charge on any atom is -0.481 e. The third-order valence-corrected chi connectivity index (χ3v) is 3.24. The molecule has 0 aliphatic heterocycles. The molecule has 1 aromatic carbocycles. The number of hydrogen-bond donors (Lipinski definition) is 1. The molecule has 22 heavy (non-hydrogen) atoms. The minimum absolute atomic E-state index is 0.0723. The fraction of sp³-hybridized carbons (Fsp3) is 0.231. The molecule has 118 valence electrons. The first-order valence-electron chi connectivity index (χ1n) is 5.92. The van der Waals surface area contributed by atoms with E-state index in [4.69, 9.17) is 22.1 Å². The van der Waals surface area contributed by atoms with E-state index in [0.717, 1.165) is 13.2 Å². The lowest BCUT2D eigenvalue weighted by molar-refractivity contribution is -0.141. The zero-order chi connectivity index (χ0) is 16.5. The maximum Gasteiger partial charge on any atom is 0.433 e. The Bertz CT molecular complexity index is 693. The molecule has 2 N–H and O–H groups in total. The largest absolute Gasteiger partial charge is 0.481 e. The summed E-state index contributed by atoms with van der Waals surface area (Å²) in [6, 6.07) is 4.46. The van der Waals surface area contributed by atoms with E-state index >= 15 is 0 Å². The van der Waals surface area contributed by atoms with Crippen LogP contribution in [0.15, 0.2) is 24.3 Å². The van der Waals surface area contributed by atoms with Crippen LogP contribution in [-0.4, -0.2) is 17.1 Å². The maximum absolute atomic E-state index is 13.4. The lowest BCUT2D eigenvalue weighted by Crippen LogP contribution is -2.13. The molecule has 9 heteroatoms. The van der Waals surface area contributed by atoms with Gasteiger partial charge in [0.25, 0.3) is 0 Å². The number of nitrogen functional groups attached to an aromatic ring is 1. The number of aromatic nitrogens is 2. The van der Waals surface area contributed by atoms with Gasteiger partial charge in [0.15, 0.2) is 11.5 Å². The number of anilines is 1. The summed E-state index contributed by atoms with van der Waals surface area (Å²) in [5.41, 5.74) is 4.13. The van der Waals surface area contributed by atoms with Crippen molar-refractivity contribution >= 4 is 17.3 Å². The molecule has 0 aliphatic carbocycles. The molecule has 1 atom stereocenters. The fourth-order valence-corrected chi connectivity index (χ4v) is 2.01. The molecule has 0 amide bonds. The first kappa shape index (κ1) is 16.3. The van der Waals surface area contributed by atoms with Crippen LogP contribution >= 0.6 is 11.6 Å². The van der Waals surface area contributed by atoms with E-state index in [-0.39, 0.29) is 23.0 Å². The number of halogens is 5. The summed E-state index contributed by atoms with van der Waals surface area (Å²) in [7, 11) is 1.16. The average molecular weight is 336 g/mol. The van der Waals surface area contributed by atoms with E-state index in [2.05, 4.69) is 9.97 Å². The third kappa shape index (κ3) is 3.22. The number of hydrogen-bond acceptors (Lipinski definition) is 4. The van der Waals surface area contributed by atoms with Crippen molar-refractivity contribution in [2.75, 3.05) is 12.8 Å². The number of methoxy groups -OCH3 is 1. The number of benzene rings is 1. The Morgan fingerprint density at radius 1 is 1.27 bits per heavy atom. The molecule has 4 nitrogen and oxygen atoms in total. The Kier molecular flexibility index (Phi) is 4.41. The van der Waals surface area contributed by atoms with Crippen molar-refractivity contribution in [3.8, 4) is 5.88 Å². The predicted molar refractivity (Wildman–Crippen MR) is 72.1 cm³/mol. The monoisotopic (exact) mass is 335 g/mol. The van der Waals surface area contributed by atoms with Gasteiger partial charge < -0.3 is 10.5 Å². The third-order valence-electron chi connectivity index (χ3n) is 2.81. The van der Waals surface area contributed by atoms with Crippen LogP contribution in [0.3, 0.4) is 0 Å². The Morgan fingerprint density at radius 3 is 2.55 bits per heavy atom. The van der Waals surface area contributed by atoms with E-state index in [1.165, 1.54) is 12.1 Å². The Morgan fingerprint density at radius 2 is 1.95 bits per heavy atom. The number of ether oxygens (including phenoxy) is 1. The molecule has 1 heterocycles. The normalized spacial score (nSPS) is 13.0. The zero-order valence-corrected chi connectivity index (χ0v) is 11.9. The molecular formula is C13H10ClF4N3O. The molecule has 0 aliphatic rings. The summed E-state index contributed by atoms with van der Waals surface area (Å²) in [5, 5.41) is -1.26. The molecule has 1 unspecified atom stereocenters. The van der Waals surface area contributed by atoms with Gasteiger partial charge in [-0.15, -0.1) is 11.6 Å². The number of rotatable bonds is 3. The summed E-state index contributed by atoms with van der Waals surface area (Å²) in [6.07, 6.45) is -4.70. The standard InChI is InChI=1S/C13H10ClF4N3O/c1-22-9-5-8(13(16,17)18)20-12(21-9)10(14)6-3-2-4-7(15)11(6)19/h2-5,10H,19H2,1H3. The van der Waals surface area contributed by atoms with Gasteiger partial charge in [-0.1, -0.05) is 12.1 Å². The van der Waals surface area contributed by atoms with Gasteiger partial charge in [-0.2, -0.15) is 18.2 Å². The molecule has 1 aromatic heterocycles. The lowest BCUT2D eigenvalue weighted by atomic mass is 10.1. The van der Waals surface area contributed by atoms with E-state index in [1.54, 1.807) is 0 Å². The van der Waals surface area contributed by atoms with Gasteiger partial charge in [-0.25, -0.2) is 9.37 Å². The van der Waals surface area contributed by atoms with Gasteiger partial charge in [-0.3, -0.25) is 0 Å². The summed E-state index contributed by atoms with van der Waals surface area (Å²) in [4.78, 5) is 7.14. The fourth-order valence-electron chi connectivity index (χ4n) is 1.72. The Hall–Kier alpha value is -2.09. The second kappa shape index (κ2) is 5.96. The molecular weight excluding hydrogens is 326 g/mol. The van der Waals surface area contributed by atoms with Crippen molar-refractivity contribution in [3.05, 3.63) is 47.2 Å². The number of para-hydroxylation sites is 1. The van der Waals surface area contributed by atoms with Crippen molar-refractivity contribution in [2.45, 2.75) is 11.6 Å². The average Bonchev–Trinajstić information content (AvgIpc) is 2.48. The van der Waals surface area contributed by atoms with Crippen molar-refractivity contribution < 1.29 is 22.3 Å². The van der Waals surface area contributed by atoms with Crippen LogP contribution in [0.5, 0.6) is 5.88 Å². The van der Waals surface area contributed by atoms with Crippen LogP contribution in [0, 0.1) is 5.82 Å². The predicted octanol–water partition coefficient (Wildman–Crippen LogP) is 3.55. The molecule has 0 spiro atoms. The highest BCUT2D eigenvalue weighted by Crippen LogP contribution is 2.35. The zero-order valence-electron chi connectivity index (χ0n) is 11.2. The second-order valence-electron chi connectivity index (χ2n) is 4.26. The SMILES string of the molecule is COc1cc(C(F)(F)F)nc(C(Cl)c2cccc(F)c2N)n1.